The third-order valence-corrected chi connectivity index (χ3v) is 4.23. The summed E-state index contributed by atoms with van der Waals surface area (Å²) < 4.78 is 1.85. The maximum absolute atomic E-state index is 12.7. The monoisotopic (exact) mass is 280 g/mol. The van der Waals surface area contributed by atoms with E-state index in [1.165, 1.54) is 0 Å². The summed E-state index contributed by atoms with van der Waals surface area (Å²) in [5.41, 5.74) is 5.11. The minimum Gasteiger partial charge on any atom is -0.350 e. The number of fused-ring (bicyclic) bond motifs is 2. The van der Waals surface area contributed by atoms with Gasteiger partial charge in [0.1, 0.15) is 5.69 Å². The summed E-state index contributed by atoms with van der Waals surface area (Å²) >= 11 is 0. The van der Waals surface area contributed by atoms with Gasteiger partial charge in [0.05, 0.1) is 18.4 Å². The number of aromatic nitrogens is 3. The van der Waals surface area contributed by atoms with Crippen LogP contribution in [-0.2, 0) is 20.1 Å². The molecule has 1 amide bonds. The van der Waals surface area contributed by atoms with Crippen LogP contribution < -0.4 is 0 Å². The molecule has 0 saturated carbocycles. The van der Waals surface area contributed by atoms with Crippen molar-refractivity contribution in [1.82, 2.24) is 19.7 Å². The Labute approximate surface area is 122 Å². The van der Waals surface area contributed by atoms with Gasteiger partial charge in [-0.25, -0.2) is 0 Å². The first-order valence-electron chi connectivity index (χ1n) is 7.01. The molecule has 5 heteroatoms. The average molecular weight is 280 g/mol. The molecule has 4 rings (SSSR count). The number of rotatable bonds is 1. The Hall–Kier alpha value is -2.56. The van der Waals surface area contributed by atoms with E-state index < -0.39 is 0 Å². The van der Waals surface area contributed by atoms with Crippen LogP contribution in [0.4, 0.5) is 0 Å². The molecule has 106 valence electrons. The van der Waals surface area contributed by atoms with Crippen LogP contribution in [0.3, 0.4) is 0 Å². The fourth-order valence-electron chi connectivity index (χ4n) is 3.02. The van der Waals surface area contributed by atoms with E-state index in [9.17, 15) is 4.79 Å². The molecule has 0 fully saturated rings. The number of nitrogens with one attached hydrogen (secondary N) is 1. The quantitative estimate of drug-likeness (QED) is 0.744. The van der Waals surface area contributed by atoms with Gasteiger partial charge in [-0.3, -0.25) is 9.48 Å². The van der Waals surface area contributed by atoms with Gasteiger partial charge in [0.25, 0.3) is 5.91 Å². The van der Waals surface area contributed by atoms with Crippen molar-refractivity contribution in [3.8, 4) is 0 Å². The number of para-hydroxylation sites is 1. The lowest BCUT2D eigenvalue weighted by Gasteiger charge is -2.14. The van der Waals surface area contributed by atoms with Crippen molar-refractivity contribution in [1.29, 1.82) is 0 Å². The van der Waals surface area contributed by atoms with Crippen LogP contribution in [0.15, 0.2) is 30.5 Å². The third kappa shape index (κ3) is 1.77. The van der Waals surface area contributed by atoms with Crippen LogP contribution in [0.25, 0.3) is 10.9 Å². The average Bonchev–Trinajstić information content (AvgIpc) is 3.14. The Morgan fingerprint density at radius 1 is 1.33 bits per heavy atom. The highest BCUT2D eigenvalue weighted by molar-refractivity contribution is 5.98. The molecule has 3 aromatic rings. The standard InChI is InChI=1S/C16H16N4O/c1-10-4-3-5-11-6-13(18-15(10)11)16(21)20-8-12-7-17-19(2)14(12)9-20/h3-7,18H,8-9H2,1-2H3. The summed E-state index contributed by atoms with van der Waals surface area (Å²) in [6.07, 6.45) is 1.85. The summed E-state index contributed by atoms with van der Waals surface area (Å²) in [6, 6.07) is 8.02. The molecule has 0 atom stereocenters. The van der Waals surface area contributed by atoms with Crippen molar-refractivity contribution in [3.63, 3.8) is 0 Å². The van der Waals surface area contributed by atoms with E-state index in [4.69, 9.17) is 0 Å². The molecule has 0 bridgehead atoms. The first-order chi connectivity index (χ1) is 10.1. The normalized spacial score (nSPS) is 13.9. The van der Waals surface area contributed by atoms with Gasteiger partial charge in [-0.2, -0.15) is 5.10 Å². The summed E-state index contributed by atoms with van der Waals surface area (Å²) in [5, 5.41) is 5.30. The van der Waals surface area contributed by atoms with Crippen molar-refractivity contribution in [2.45, 2.75) is 20.0 Å². The van der Waals surface area contributed by atoms with E-state index in [1.807, 2.05) is 54.0 Å². The van der Waals surface area contributed by atoms with Gasteiger partial charge in [-0.05, 0) is 18.6 Å². The molecule has 3 heterocycles. The molecular formula is C16H16N4O. The highest BCUT2D eigenvalue weighted by atomic mass is 16.2. The maximum atomic E-state index is 12.7. The van der Waals surface area contributed by atoms with Gasteiger partial charge >= 0.3 is 0 Å². The lowest BCUT2D eigenvalue weighted by Crippen LogP contribution is -2.26. The van der Waals surface area contributed by atoms with Crippen LogP contribution in [0, 0.1) is 6.92 Å². The predicted molar refractivity (Wildman–Crippen MR) is 79.8 cm³/mol. The SMILES string of the molecule is Cc1cccc2cc(C(=O)N3Cc4cnn(C)c4C3)[nH]c12. The summed E-state index contributed by atoms with van der Waals surface area (Å²) in [4.78, 5) is 17.8. The Morgan fingerprint density at radius 2 is 2.19 bits per heavy atom. The number of hydrogen-bond donors (Lipinski definition) is 1. The van der Waals surface area contributed by atoms with Crippen LogP contribution in [-0.4, -0.2) is 25.6 Å². The van der Waals surface area contributed by atoms with Crippen molar-refractivity contribution < 1.29 is 4.79 Å². The number of hydrogen-bond acceptors (Lipinski definition) is 2. The molecule has 1 aliphatic rings. The van der Waals surface area contributed by atoms with E-state index in [-0.39, 0.29) is 5.91 Å². The molecular weight excluding hydrogens is 264 g/mol. The topological polar surface area (TPSA) is 53.9 Å². The zero-order valence-electron chi connectivity index (χ0n) is 12.1. The number of carbonyl (C=O) groups is 1. The molecule has 0 spiro atoms. The molecule has 5 nitrogen and oxygen atoms in total. The number of amides is 1. The van der Waals surface area contributed by atoms with Crippen LogP contribution in [0.1, 0.15) is 27.3 Å². The van der Waals surface area contributed by atoms with Crippen LogP contribution in [0.2, 0.25) is 0 Å². The van der Waals surface area contributed by atoms with Crippen LogP contribution >= 0.6 is 0 Å². The van der Waals surface area contributed by atoms with E-state index in [0.29, 0.717) is 18.8 Å². The number of benzene rings is 1. The van der Waals surface area contributed by atoms with Crippen molar-refractivity contribution in [2.75, 3.05) is 0 Å². The van der Waals surface area contributed by atoms with E-state index >= 15 is 0 Å². The number of carbonyl (C=O) groups excluding carboxylic acids is 1. The zero-order chi connectivity index (χ0) is 14.6. The second-order valence-corrected chi connectivity index (χ2v) is 5.62. The lowest BCUT2D eigenvalue weighted by molar-refractivity contribution is 0.0743. The molecule has 0 radical (unpaired) electrons. The second kappa shape index (κ2) is 4.22. The first-order valence-corrected chi connectivity index (χ1v) is 7.01. The predicted octanol–water partition coefficient (Wildman–Crippen LogP) is 2.37. The zero-order valence-corrected chi connectivity index (χ0v) is 12.1. The summed E-state index contributed by atoms with van der Waals surface area (Å²) in [5.74, 6) is 0.0433. The van der Waals surface area contributed by atoms with Gasteiger partial charge in [0.15, 0.2) is 0 Å². The van der Waals surface area contributed by atoms with Crippen LogP contribution in [0.5, 0.6) is 0 Å². The molecule has 0 unspecified atom stereocenters. The Balaban J connectivity index is 1.67. The number of H-pyrrole nitrogens is 1. The van der Waals surface area contributed by atoms with Crippen molar-refractivity contribution in [2.24, 2.45) is 7.05 Å². The Kier molecular flexibility index (Phi) is 2.45. The van der Waals surface area contributed by atoms with E-state index in [1.54, 1.807) is 0 Å². The van der Waals surface area contributed by atoms with Gasteiger partial charge in [0.2, 0.25) is 0 Å². The maximum Gasteiger partial charge on any atom is 0.270 e. The highest BCUT2D eigenvalue weighted by Crippen LogP contribution is 2.25. The largest absolute Gasteiger partial charge is 0.350 e. The highest BCUT2D eigenvalue weighted by Gasteiger charge is 2.27. The Morgan fingerprint density at radius 3 is 2.95 bits per heavy atom. The number of nitrogens with zero attached hydrogens (tertiary/aromatic N) is 3. The fourth-order valence-corrected chi connectivity index (χ4v) is 3.02. The Bertz CT molecular complexity index is 858. The molecule has 21 heavy (non-hydrogen) atoms. The van der Waals surface area contributed by atoms with Gasteiger partial charge < -0.3 is 9.88 Å². The first kappa shape index (κ1) is 12.2. The second-order valence-electron chi connectivity index (χ2n) is 5.62. The van der Waals surface area contributed by atoms with Crippen molar-refractivity contribution >= 4 is 16.8 Å². The third-order valence-electron chi connectivity index (χ3n) is 4.23. The van der Waals surface area contributed by atoms with Gasteiger partial charge in [-0.15, -0.1) is 0 Å². The smallest absolute Gasteiger partial charge is 0.270 e. The molecule has 1 N–H and O–H groups in total. The molecule has 2 aromatic heterocycles. The molecule has 0 aliphatic carbocycles. The van der Waals surface area contributed by atoms with E-state index in [2.05, 4.69) is 10.1 Å². The molecule has 1 aromatic carbocycles. The minimum absolute atomic E-state index is 0.0433. The number of aromatic amines is 1. The molecule has 1 aliphatic heterocycles. The minimum atomic E-state index is 0.0433. The lowest BCUT2D eigenvalue weighted by atomic mass is 10.2. The fraction of sp³-hybridized carbons (Fsp3) is 0.250. The van der Waals surface area contributed by atoms with Gasteiger partial charge in [0, 0.05) is 30.1 Å². The summed E-state index contributed by atoms with van der Waals surface area (Å²) in [6.45, 7) is 3.31. The van der Waals surface area contributed by atoms with E-state index in [0.717, 1.165) is 27.7 Å². The summed E-state index contributed by atoms with van der Waals surface area (Å²) in [7, 11) is 1.92. The van der Waals surface area contributed by atoms with Gasteiger partial charge in [-0.1, -0.05) is 18.2 Å². The van der Waals surface area contributed by atoms with Crippen molar-refractivity contribution in [3.05, 3.63) is 53.0 Å². The molecule has 0 saturated heterocycles. The number of aryl methyl sites for hydroxylation is 2.